The Kier molecular flexibility index (Phi) is 5.19. The monoisotopic (exact) mass is 312 g/mol. The van der Waals surface area contributed by atoms with Gasteiger partial charge in [0, 0.05) is 17.5 Å². The maximum Gasteiger partial charge on any atom is 0.161 e. The third kappa shape index (κ3) is 3.67. The first-order chi connectivity index (χ1) is 11.3. The molecule has 1 aliphatic rings. The summed E-state index contributed by atoms with van der Waals surface area (Å²) in [6.07, 6.45) is 3.76. The maximum atomic E-state index is 5.68. The van der Waals surface area contributed by atoms with E-state index >= 15 is 0 Å². The number of ether oxygens (including phenoxy) is 2. The van der Waals surface area contributed by atoms with Crippen LogP contribution in [0.1, 0.15) is 42.5 Å². The van der Waals surface area contributed by atoms with Crippen molar-refractivity contribution >= 4 is 0 Å². The molecule has 1 aliphatic carbocycles. The Labute approximate surface area is 138 Å². The second kappa shape index (κ2) is 7.51. The van der Waals surface area contributed by atoms with Crippen LogP contribution in [0.5, 0.6) is 11.5 Å². The Morgan fingerprint density at radius 1 is 1.13 bits per heavy atom. The molecule has 1 unspecified atom stereocenters. The summed E-state index contributed by atoms with van der Waals surface area (Å²) < 4.78 is 11.0. The molecule has 0 amide bonds. The highest BCUT2D eigenvalue weighted by Crippen LogP contribution is 2.29. The molecule has 0 aliphatic heterocycles. The zero-order valence-corrected chi connectivity index (χ0v) is 14.0. The molecule has 122 valence electrons. The number of rotatable bonds is 6. The van der Waals surface area contributed by atoms with E-state index < -0.39 is 0 Å². The smallest absolute Gasteiger partial charge is 0.161 e. The van der Waals surface area contributed by atoms with E-state index in [1.54, 1.807) is 7.11 Å². The molecule has 3 rings (SSSR count). The summed E-state index contributed by atoms with van der Waals surface area (Å²) in [6, 6.07) is 15.7. The van der Waals surface area contributed by atoms with E-state index in [1.807, 2.05) is 13.0 Å². The third-order valence-corrected chi connectivity index (χ3v) is 4.58. The normalized spacial score (nSPS) is 16.7. The van der Waals surface area contributed by atoms with Crippen LogP contribution < -0.4 is 14.8 Å². The molecule has 0 bridgehead atoms. The lowest BCUT2D eigenvalue weighted by Crippen LogP contribution is -2.84. The summed E-state index contributed by atoms with van der Waals surface area (Å²) in [5.41, 5.74) is 4.30. The SMILES string of the molecule is CCOc1cc(C[NH2+]C2CCCc3ccccc32)ccc1OC. The Bertz CT molecular complexity index is 654. The van der Waals surface area contributed by atoms with Gasteiger partial charge in [-0.3, -0.25) is 0 Å². The van der Waals surface area contributed by atoms with Crippen LogP contribution in [0.15, 0.2) is 42.5 Å². The van der Waals surface area contributed by atoms with Gasteiger partial charge in [0.05, 0.1) is 13.7 Å². The molecule has 1 atom stereocenters. The number of methoxy groups -OCH3 is 1. The highest BCUT2D eigenvalue weighted by molar-refractivity contribution is 5.42. The Morgan fingerprint density at radius 2 is 2.00 bits per heavy atom. The van der Waals surface area contributed by atoms with E-state index in [9.17, 15) is 0 Å². The molecule has 0 heterocycles. The fraction of sp³-hybridized carbons (Fsp3) is 0.400. The number of quaternary nitrogens is 1. The predicted octanol–water partition coefficient (Wildman–Crippen LogP) is 3.23. The van der Waals surface area contributed by atoms with Gasteiger partial charge in [-0.05, 0) is 43.5 Å². The van der Waals surface area contributed by atoms with Crippen LogP contribution in [0.2, 0.25) is 0 Å². The molecule has 0 spiro atoms. The average molecular weight is 312 g/mol. The van der Waals surface area contributed by atoms with E-state index in [1.165, 1.54) is 36.0 Å². The van der Waals surface area contributed by atoms with Gasteiger partial charge in [-0.1, -0.05) is 24.3 Å². The molecule has 0 radical (unpaired) electrons. The van der Waals surface area contributed by atoms with Gasteiger partial charge < -0.3 is 14.8 Å². The van der Waals surface area contributed by atoms with Gasteiger partial charge in [-0.25, -0.2) is 0 Å². The standard InChI is InChI=1S/C20H25NO2/c1-3-23-20-13-15(11-12-19(20)22-2)14-21-18-10-6-8-16-7-4-5-9-17(16)18/h4-5,7,9,11-13,18,21H,3,6,8,10,14H2,1-2H3/p+1. The van der Waals surface area contributed by atoms with Crippen LogP contribution in [0, 0.1) is 0 Å². The molecule has 0 saturated heterocycles. The lowest BCUT2D eigenvalue weighted by atomic mass is 9.87. The fourth-order valence-electron chi connectivity index (χ4n) is 3.43. The average Bonchev–Trinajstić information content (AvgIpc) is 2.60. The molecule has 0 aromatic heterocycles. The van der Waals surface area contributed by atoms with E-state index in [-0.39, 0.29) is 0 Å². The summed E-state index contributed by atoms with van der Waals surface area (Å²) in [5.74, 6) is 1.64. The second-order valence-electron chi connectivity index (χ2n) is 6.06. The first-order valence-electron chi connectivity index (χ1n) is 8.52. The summed E-state index contributed by atoms with van der Waals surface area (Å²) in [4.78, 5) is 0. The van der Waals surface area contributed by atoms with Crippen LogP contribution in [0.3, 0.4) is 0 Å². The fourth-order valence-corrected chi connectivity index (χ4v) is 3.43. The quantitative estimate of drug-likeness (QED) is 0.889. The van der Waals surface area contributed by atoms with Crippen molar-refractivity contribution in [2.75, 3.05) is 13.7 Å². The van der Waals surface area contributed by atoms with Gasteiger partial charge in [0.2, 0.25) is 0 Å². The first-order valence-corrected chi connectivity index (χ1v) is 8.52. The lowest BCUT2D eigenvalue weighted by molar-refractivity contribution is -0.712. The van der Waals surface area contributed by atoms with Crippen molar-refractivity contribution in [3.05, 3.63) is 59.2 Å². The first kappa shape index (κ1) is 15.9. The Hall–Kier alpha value is -2.00. The molecule has 3 nitrogen and oxygen atoms in total. The minimum absolute atomic E-state index is 0.567. The zero-order valence-electron chi connectivity index (χ0n) is 14.0. The topological polar surface area (TPSA) is 35.1 Å². The number of nitrogens with two attached hydrogens (primary N) is 1. The minimum atomic E-state index is 0.567. The number of hydrogen-bond donors (Lipinski definition) is 1. The predicted molar refractivity (Wildman–Crippen MR) is 91.9 cm³/mol. The van der Waals surface area contributed by atoms with Crippen molar-refractivity contribution in [2.45, 2.75) is 38.8 Å². The summed E-state index contributed by atoms with van der Waals surface area (Å²) in [6.45, 7) is 3.61. The molecule has 23 heavy (non-hydrogen) atoms. The van der Waals surface area contributed by atoms with Crippen molar-refractivity contribution in [2.24, 2.45) is 0 Å². The van der Waals surface area contributed by atoms with Gasteiger partial charge in [0.1, 0.15) is 12.6 Å². The molecular weight excluding hydrogens is 286 g/mol. The maximum absolute atomic E-state index is 5.68. The van der Waals surface area contributed by atoms with Crippen molar-refractivity contribution < 1.29 is 14.8 Å². The summed E-state index contributed by atoms with van der Waals surface area (Å²) in [5, 5.41) is 2.45. The van der Waals surface area contributed by atoms with Gasteiger partial charge in [0.15, 0.2) is 11.5 Å². The van der Waals surface area contributed by atoms with Crippen LogP contribution >= 0.6 is 0 Å². The van der Waals surface area contributed by atoms with Crippen LogP contribution in [-0.4, -0.2) is 13.7 Å². The number of hydrogen-bond acceptors (Lipinski definition) is 2. The third-order valence-electron chi connectivity index (χ3n) is 4.58. The molecule has 0 saturated carbocycles. The second-order valence-corrected chi connectivity index (χ2v) is 6.06. The van der Waals surface area contributed by atoms with E-state index in [2.05, 4.69) is 41.7 Å². The van der Waals surface area contributed by atoms with Crippen molar-refractivity contribution in [1.82, 2.24) is 0 Å². The van der Waals surface area contributed by atoms with E-state index in [0.717, 1.165) is 18.0 Å². The van der Waals surface area contributed by atoms with Crippen molar-refractivity contribution in [3.8, 4) is 11.5 Å². The largest absolute Gasteiger partial charge is 0.493 e. The number of benzene rings is 2. The van der Waals surface area contributed by atoms with Gasteiger partial charge in [0.25, 0.3) is 0 Å². The minimum Gasteiger partial charge on any atom is -0.493 e. The van der Waals surface area contributed by atoms with Crippen LogP contribution in [-0.2, 0) is 13.0 Å². The van der Waals surface area contributed by atoms with Crippen molar-refractivity contribution in [1.29, 1.82) is 0 Å². The van der Waals surface area contributed by atoms with Crippen LogP contribution in [0.25, 0.3) is 0 Å². The summed E-state index contributed by atoms with van der Waals surface area (Å²) in [7, 11) is 1.68. The Balaban J connectivity index is 1.70. The molecule has 2 N–H and O–H groups in total. The van der Waals surface area contributed by atoms with E-state index in [0.29, 0.717) is 12.6 Å². The molecule has 2 aromatic carbocycles. The highest BCUT2D eigenvalue weighted by atomic mass is 16.5. The van der Waals surface area contributed by atoms with Crippen molar-refractivity contribution in [3.63, 3.8) is 0 Å². The molecule has 2 aromatic rings. The molecular formula is C20H26NO2+. The molecule has 0 fully saturated rings. The lowest BCUT2D eigenvalue weighted by Gasteiger charge is -2.23. The van der Waals surface area contributed by atoms with E-state index in [4.69, 9.17) is 9.47 Å². The van der Waals surface area contributed by atoms with Gasteiger partial charge >= 0.3 is 0 Å². The highest BCUT2D eigenvalue weighted by Gasteiger charge is 2.22. The van der Waals surface area contributed by atoms with Gasteiger partial charge in [-0.15, -0.1) is 0 Å². The number of fused-ring (bicyclic) bond motifs is 1. The zero-order chi connectivity index (χ0) is 16.1. The number of aryl methyl sites for hydroxylation is 1. The summed E-state index contributed by atoms with van der Waals surface area (Å²) >= 11 is 0. The Morgan fingerprint density at radius 3 is 2.83 bits per heavy atom. The molecule has 3 heteroatoms. The van der Waals surface area contributed by atoms with Gasteiger partial charge in [-0.2, -0.15) is 0 Å². The van der Waals surface area contributed by atoms with Crippen LogP contribution in [0.4, 0.5) is 0 Å².